The Balaban J connectivity index is 1.67. The third kappa shape index (κ3) is 3.44. The lowest BCUT2D eigenvalue weighted by molar-refractivity contribution is 0.273. The Morgan fingerprint density at radius 2 is 2.00 bits per heavy atom. The van der Waals surface area contributed by atoms with E-state index in [-0.39, 0.29) is 4.75 Å². The van der Waals surface area contributed by atoms with Gasteiger partial charge in [-0.1, -0.05) is 23.4 Å². The van der Waals surface area contributed by atoms with Crippen molar-refractivity contribution in [1.82, 2.24) is 19.9 Å². The van der Waals surface area contributed by atoms with E-state index in [0.29, 0.717) is 0 Å². The standard InChI is InChI=1S/C16H22N4OS/c1-16(2)8-9-19(10-11-22(16)21)12-14-13-20(18-17-14)15-6-4-3-5-7-15/h3-7,13H,8-12H2,1-2H3. The quantitative estimate of drug-likeness (QED) is 0.868. The maximum Gasteiger partial charge on any atom is 0.0971 e. The molecule has 3 rings (SSSR count). The highest BCUT2D eigenvalue weighted by atomic mass is 32.2. The summed E-state index contributed by atoms with van der Waals surface area (Å²) in [4.78, 5) is 2.33. The fourth-order valence-electron chi connectivity index (χ4n) is 2.61. The van der Waals surface area contributed by atoms with E-state index in [0.717, 1.165) is 43.2 Å². The second-order valence-electron chi connectivity index (χ2n) is 6.33. The number of hydrogen-bond donors (Lipinski definition) is 0. The second kappa shape index (κ2) is 6.30. The van der Waals surface area contributed by atoms with E-state index in [1.54, 1.807) is 4.68 Å². The molecule has 0 amide bonds. The van der Waals surface area contributed by atoms with Crippen LogP contribution in [0.4, 0.5) is 0 Å². The van der Waals surface area contributed by atoms with Crippen LogP contribution in [0.2, 0.25) is 0 Å². The molecular formula is C16H22N4OS. The van der Waals surface area contributed by atoms with Crippen LogP contribution in [0, 0.1) is 0 Å². The minimum absolute atomic E-state index is 0.0869. The Bertz CT molecular complexity index is 653. The molecule has 2 heterocycles. The van der Waals surface area contributed by atoms with Crippen molar-refractivity contribution in [3.05, 3.63) is 42.2 Å². The molecule has 1 atom stereocenters. The first-order chi connectivity index (χ1) is 10.5. The van der Waals surface area contributed by atoms with Crippen LogP contribution < -0.4 is 0 Å². The first-order valence-electron chi connectivity index (χ1n) is 7.62. The van der Waals surface area contributed by atoms with Crippen LogP contribution >= 0.6 is 0 Å². The van der Waals surface area contributed by atoms with E-state index in [4.69, 9.17) is 0 Å². The summed E-state index contributed by atoms with van der Waals surface area (Å²) in [5.74, 6) is 0.736. The molecule has 1 aromatic heterocycles. The second-order valence-corrected chi connectivity index (χ2v) is 8.53. The number of rotatable bonds is 3. The molecule has 0 spiro atoms. The van der Waals surface area contributed by atoms with Crippen molar-refractivity contribution in [2.45, 2.75) is 31.6 Å². The van der Waals surface area contributed by atoms with Crippen molar-refractivity contribution >= 4 is 10.8 Å². The van der Waals surface area contributed by atoms with E-state index < -0.39 is 10.8 Å². The van der Waals surface area contributed by atoms with Crippen LogP contribution in [-0.4, -0.2) is 47.7 Å². The lowest BCUT2D eigenvalue weighted by atomic mass is 10.1. The minimum atomic E-state index is -0.754. The van der Waals surface area contributed by atoms with E-state index in [1.165, 1.54) is 0 Å². The van der Waals surface area contributed by atoms with Gasteiger partial charge in [0.25, 0.3) is 0 Å². The van der Waals surface area contributed by atoms with Gasteiger partial charge < -0.3 is 0 Å². The van der Waals surface area contributed by atoms with Gasteiger partial charge in [-0.05, 0) is 38.9 Å². The maximum absolute atomic E-state index is 12.2. The summed E-state index contributed by atoms with van der Waals surface area (Å²) >= 11 is 0. The zero-order valence-electron chi connectivity index (χ0n) is 13.1. The van der Waals surface area contributed by atoms with E-state index in [2.05, 4.69) is 29.1 Å². The Hall–Kier alpha value is -1.53. The highest BCUT2D eigenvalue weighted by Crippen LogP contribution is 2.22. The molecule has 0 radical (unpaired) electrons. The maximum atomic E-state index is 12.2. The highest BCUT2D eigenvalue weighted by Gasteiger charge is 2.29. The summed E-state index contributed by atoms with van der Waals surface area (Å²) in [6.07, 6.45) is 2.93. The van der Waals surface area contributed by atoms with Gasteiger partial charge in [0.05, 0.1) is 17.6 Å². The topological polar surface area (TPSA) is 51.0 Å². The molecule has 0 aliphatic carbocycles. The number of hydrogen-bond acceptors (Lipinski definition) is 4. The van der Waals surface area contributed by atoms with Crippen molar-refractivity contribution in [1.29, 1.82) is 0 Å². The van der Waals surface area contributed by atoms with Crippen molar-refractivity contribution in [2.75, 3.05) is 18.8 Å². The van der Waals surface area contributed by atoms with Gasteiger partial charge in [0.1, 0.15) is 0 Å². The Kier molecular flexibility index (Phi) is 4.40. The molecule has 0 saturated carbocycles. The molecule has 0 bridgehead atoms. The van der Waals surface area contributed by atoms with Gasteiger partial charge in [0, 0.05) is 34.4 Å². The van der Waals surface area contributed by atoms with Gasteiger partial charge in [0.15, 0.2) is 0 Å². The average molecular weight is 318 g/mol. The monoisotopic (exact) mass is 318 g/mol. The van der Waals surface area contributed by atoms with Crippen LogP contribution in [0.3, 0.4) is 0 Å². The third-order valence-electron chi connectivity index (χ3n) is 4.19. The zero-order valence-corrected chi connectivity index (χ0v) is 13.9. The van der Waals surface area contributed by atoms with Crippen molar-refractivity contribution in [3.8, 4) is 5.69 Å². The predicted molar refractivity (Wildman–Crippen MR) is 88.3 cm³/mol. The van der Waals surface area contributed by atoms with Crippen LogP contribution in [0.25, 0.3) is 5.69 Å². The number of aromatic nitrogens is 3. The molecule has 6 heteroatoms. The zero-order chi connectivity index (χ0) is 15.6. The summed E-state index contributed by atoms with van der Waals surface area (Å²) in [6, 6.07) is 9.98. The van der Waals surface area contributed by atoms with Crippen LogP contribution in [0.15, 0.2) is 36.5 Å². The van der Waals surface area contributed by atoms with Crippen molar-refractivity contribution in [2.24, 2.45) is 0 Å². The third-order valence-corrected chi connectivity index (χ3v) is 6.18. The van der Waals surface area contributed by atoms with Gasteiger partial charge in [-0.3, -0.25) is 9.11 Å². The smallest absolute Gasteiger partial charge is 0.0971 e. The van der Waals surface area contributed by atoms with Gasteiger partial charge in [0.2, 0.25) is 0 Å². The van der Waals surface area contributed by atoms with E-state index in [1.807, 2.05) is 36.5 Å². The molecule has 0 N–H and O–H groups in total. The van der Waals surface area contributed by atoms with Crippen LogP contribution in [-0.2, 0) is 17.3 Å². The van der Waals surface area contributed by atoms with Gasteiger partial charge in [-0.2, -0.15) is 0 Å². The molecule has 1 saturated heterocycles. The van der Waals surface area contributed by atoms with Crippen LogP contribution in [0.5, 0.6) is 0 Å². The molecule has 1 fully saturated rings. The van der Waals surface area contributed by atoms with E-state index >= 15 is 0 Å². The van der Waals surface area contributed by atoms with Gasteiger partial charge in [-0.25, -0.2) is 4.68 Å². The van der Waals surface area contributed by atoms with Crippen molar-refractivity contribution in [3.63, 3.8) is 0 Å². The first kappa shape index (κ1) is 15.4. The van der Waals surface area contributed by atoms with Gasteiger partial charge in [-0.15, -0.1) is 5.10 Å². The molecule has 118 valence electrons. The predicted octanol–water partition coefficient (Wildman–Crippen LogP) is 2.00. The molecule has 1 unspecified atom stereocenters. The first-order valence-corrected chi connectivity index (χ1v) is 8.94. The SMILES string of the molecule is CC1(C)CCN(Cc2cn(-c3ccccc3)nn2)CCS1=O. The normalized spacial score (nSPS) is 22.4. The number of nitrogens with zero attached hydrogens (tertiary/aromatic N) is 4. The molecule has 2 aromatic rings. The fraction of sp³-hybridized carbons (Fsp3) is 0.500. The molecule has 1 aromatic carbocycles. The molecular weight excluding hydrogens is 296 g/mol. The Morgan fingerprint density at radius 1 is 1.23 bits per heavy atom. The number of benzene rings is 1. The largest absolute Gasteiger partial charge is 0.296 e. The molecule has 1 aliphatic rings. The lowest BCUT2D eigenvalue weighted by Crippen LogP contribution is -2.28. The number of para-hydroxylation sites is 1. The summed E-state index contributed by atoms with van der Waals surface area (Å²) < 4.78 is 13.9. The molecule has 1 aliphatic heterocycles. The Labute approximate surface area is 133 Å². The Morgan fingerprint density at radius 3 is 2.77 bits per heavy atom. The summed E-state index contributed by atoms with van der Waals surface area (Å²) in [6.45, 7) is 6.77. The highest BCUT2D eigenvalue weighted by molar-refractivity contribution is 7.86. The summed E-state index contributed by atoms with van der Waals surface area (Å²) in [5.41, 5.74) is 1.97. The van der Waals surface area contributed by atoms with Gasteiger partial charge >= 0.3 is 0 Å². The lowest BCUT2D eigenvalue weighted by Gasteiger charge is -2.21. The average Bonchev–Trinajstić information content (AvgIpc) is 2.94. The molecule has 22 heavy (non-hydrogen) atoms. The minimum Gasteiger partial charge on any atom is -0.296 e. The summed E-state index contributed by atoms with van der Waals surface area (Å²) in [5, 5.41) is 8.47. The summed E-state index contributed by atoms with van der Waals surface area (Å²) in [7, 11) is -0.754. The van der Waals surface area contributed by atoms with Crippen LogP contribution in [0.1, 0.15) is 26.0 Å². The van der Waals surface area contributed by atoms with Crippen molar-refractivity contribution < 1.29 is 4.21 Å². The molecule has 5 nitrogen and oxygen atoms in total. The fourth-order valence-corrected chi connectivity index (χ4v) is 3.90. The van der Waals surface area contributed by atoms with E-state index in [9.17, 15) is 4.21 Å².